The normalized spacial score (nSPS) is 19.8. The van der Waals surface area contributed by atoms with Crippen molar-refractivity contribution >= 4 is 17.4 Å². The molecule has 0 N–H and O–H groups in total. The van der Waals surface area contributed by atoms with Gasteiger partial charge in [0.05, 0.1) is 19.8 Å². The fraction of sp³-hybridized carbons (Fsp3) is 0.333. The molecule has 0 aliphatic carbocycles. The van der Waals surface area contributed by atoms with Crippen molar-refractivity contribution in [3.63, 3.8) is 0 Å². The van der Waals surface area contributed by atoms with Crippen LogP contribution < -0.4 is 4.74 Å². The lowest BCUT2D eigenvalue weighted by atomic mass is 9.98. The van der Waals surface area contributed by atoms with Gasteiger partial charge in [-0.1, -0.05) is 23.7 Å². The zero-order chi connectivity index (χ0) is 24.3. The number of hydrogen-bond donors (Lipinski definition) is 0. The summed E-state index contributed by atoms with van der Waals surface area (Å²) in [6.07, 6.45) is -6.43. The van der Waals surface area contributed by atoms with E-state index in [1.807, 2.05) is 0 Å². The average molecular weight is 501 g/mol. The highest BCUT2D eigenvalue weighted by atomic mass is 35.5. The van der Waals surface area contributed by atoms with E-state index in [1.54, 1.807) is 0 Å². The smallest absolute Gasteiger partial charge is 0.451 e. The minimum absolute atomic E-state index is 0.0482. The Balaban J connectivity index is 1.67. The predicted molar refractivity (Wildman–Crippen MR) is 103 cm³/mol. The number of alkyl halides is 2. The van der Waals surface area contributed by atoms with Crippen LogP contribution >= 0.6 is 11.6 Å². The van der Waals surface area contributed by atoms with Gasteiger partial charge in [0.15, 0.2) is 0 Å². The van der Waals surface area contributed by atoms with E-state index in [0.717, 1.165) is 18.2 Å². The largest absolute Gasteiger partial charge is 0.469 e. The summed E-state index contributed by atoms with van der Waals surface area (Å²) in [4.78, 5) is 0. The van der Waals surface area contributed by atoms with E-state index in [9.17, 15) is 30.7 Å². The third kappa shape index (κ3) is 5.71. The van der Waals surface area contributed by atoms with Crippen molar-refractivity contribution in [2.24, 2.45) is 0 Å². The molecule has 1 saturated heterocycles. The van der Waals surface area contributed by atoms with Gasteiger partial charge in [0, 0.05) is 23.6 Å². The Kier molecular flexibility index (Phi) is 7.76. The van der Waals surface area contributed by atoms with Gasteiger partial charge in [0.25, 0.3) is 6.29 Å². The Labute approximate surface area is 188 Å². The minimum atomic E-state index is -4.16. The second-order valence-corrected chi connectivity index (χ2v) is 7.20. The quantitative estimate of drug-likeness (QED) is 0.247. The molecule has 0 atom stereocenters. The Morgan fingerprint density at radius 2 is 1.64 bits per heavy atom. The van der Waals surface area contributed by atoms with Crippen molar-refractivity contribution in [3.8, 4) is 5.75 Å². The second-order valence-electron chi connectivity index (χ2n) is 6.82. The van der Waals surface area contributed by atoms with E-state index < -0.39 is 77.2 Å². The van der Waals surface area contributed by atoms with Crippen LogP contribution in [0.25, 0.3) is 5.83 Å². The van der Waals surface area contributed by atoms with Crippen LogP contribution in [0.2, 0.25) is 5.02 Å². The van der Waals surface area contributed by atoms with Gasteiger partial charge in [-0.05, 0) is 18.6 Å². The topological polar surface area (TPSA) is 36.9 Å². The van der Waals surface area contributed by atoms with Crippen molar-refractivity contribution < 1.29 is 49.7 Å². The van der Waals surface area contributed by atoms with E-state index in [2.05, 4.69) is 9.47 Å². The molecule has 180 valence electrons. The molecule has 1 aliphatic heterocycles. The molecule has 12 heteroatoms. The molecule has 0 aromatic heterocycles. The minimum Gasteiger partial charge on any atom is -0.469 e. The molecule has 4 nitrogen and oxygen atoms in total. The Morgan fingerprint density at radius 3 is 2.18 bits per heavy atom. The zero-order valence-corrected chi connectivity index (χ0v) is 17.6. The highest BCUT2D eigenvalue weighted by Gasteiger charge is 2.47. The maximum absolute atomic E-state index is 14.5. The van der Waals surface area contributed by atoms with Crippen LogP contribution in [0.15, 0.2) is 36.3 Å². The van der Waals surface area contributed by atoms with Gasteiger partial charge in [-0.2, -0.15) is 17.6 Å². The summed E-state index contributed by atoms with van der Waals surface area (Å²) in [5.41, 5.74) is -0.465. The van der Waals surface area contributed by atoms with E-state index in [-0.39, 0.29) is 12.2 Å². The van der Waals surface area contributed by atoms with Crippen LogP contribution in [0.4, 0.5) is 30.7 Å². The highest BCUT2D eigenvalue weighted by Crippen LogP contribution is 2.35. The standard InChI is InChI=1S/C21H16ClF7O4/c1-2-30-19(27)18(26)10-3-4-13(14(23)5-10)11-8-31-20(32-9-11)21(28,29)33-12-6-15(24)17(22)16(25)7-12/h3-7,11,20H,2,8-9H2,1H3. The molecule has 3 rings (SSSR count). The fourth-order valence-corrected chi connectivity index (χ4v) is 3.08. The highest BCUT2D eigenvalue weighted by molar-refractivity contribution is 6.30. The summed E-state index contributed by atoms with van der Waals surface area (Å²) < 4.78 is 116. The van der Waals surface area contributed by atoms with E-state index in [0.29, 0.717) is 12.1 Å². The lowest BCUT2D eigenvalue weighted by molar-refractivity contribution is -0.347. The maximum Gasteiger partial charge on any atom is 0.451 e. The molecule has 0 unspecified atom stereocenters. The second kappa shape index (κ2) is 10.2. The van der Waals surface area contributed by atoms with Crippen molar-refractivity contribution in [1.82, 2.24) is 0 Å². The lowest BCUT2D eigenvalue weighted by Gasteiger charge is -2.33. The molecule has 0 bridgehead atoms. The molecule has 2 aromatic carbocycles. The van der Waals surface area contributed by atoms with Crippen molar-refractivity contribution in [2.45, 2.75) is 25.2 Å². The van der Waals surface area contributed by atoms with Crippen LogP contribution in [0.3, 0.4) is 0 Å². The van der Waals surface area contributed by atoms with Crippen molar-refractivity contribution in [3.05, 3.63) is 69.9 Å². The van der Waals surface area contributed by atoms with Gasteiger partial charge in [0.1, 0.15) is 28.2 Å². The van der Waals surface area contributed by atoms with Crippen LogP contribution in [0.1, 0.15) is 24.0 Å². The molecule has 33 heavy (non-hydrogen) atoms. The molecule has 1 fully saturated rings. The van der Waals surface area contributed by atoms with E-state index in [1.165, 1.54) is 6.92 Å². The summed E-state index contributed by atoms with van der Waals surface area (Å²) in [6, 6.07) is 2.36. The lowest BCUT2D eigenvalue weighted by Crippen LogP contribution is -2.47. The Morgan fingerprint density at radius 1 is 1.03 bits per heavy atom. The third-order valence-corrected chi connectivity index (χ3v) is 4.88. The average Bonchev–Trinajstić information content (AvgIpc) is 2.77. The molecule has 0 spiro atoms. The van der Waals surface area contributed by atoms with E-state index in [4.69, 9.17) is 21.1 Å². The SMILES string of the molecule is CCOC(F)=C(F)c1ccc(C2COC(C(F)(F)Oc3cc(F)c(Cl)c(F)c3)OC2)c(F)c1. The van der Waals surface area contributed by atoms with Crippen LogP contribution in [0, 0.1) is 17.5 Å². The number of halogens is 8. The molecule has 0 radical (unpaired) electrons. The Bertz CT molecular complexity index is 1020. The summed E-state index contributed by atoms with van der Waals surface area (Å²) in [5, 5.41) is -0.886. The van der Waals surface area contributed by atoms with Crippen LogP contribution in [0.5, 0.6) is 5.75 Å². The van der Waals surface area contributed by atoms with Crippen LogP contribution in [-0.2, 0) is 14.2 Å². The van der Waals surface area contributed by atoms with Crippen molar-refractivity contribution in [2.75, 3.05) is 19.8 Å². The number of benzene rings is 2. The first-order chi connectivity index (χ1) is 15.5. The third-order valence-electron chi connectivity index (χ3n) is 4.52. The molecule has 1 aliphatic rings. The Hall–Kier alpha value is -2.50. The van der Waals surface area contributed by atoms with Crippen molar-refractivity contribution in [1.29, 1.82) is 0 Å². The monoisotopic (exact) mass is 500 g/mol. The molecule has 0 saturated carbocycles. The predicted octanol–water partition coefficient (Wildman–Crippen LogP) is 6.49. The first-order valence-electron chi connectivity index (χ1n) is 9.46. The fourth-order valence-electron chi connectivity index (χ4n) is 2.97. The zero-order valence-electron chi connectivity index (χ0n) is 16.8. The van der Waals surface area contributed by atoms with Gasteiger partial charge < -0.3 is 18.9 Å². The van der Waals surface area contributed by atoms with E-state index >= 15 is 0 Å². The molecular formula is C21H16ClF7O4. The first-order valence-corrected chi connectivity index (χ1v) is 9.83. The summed E-state index contributed by atoms with van der Waals surface area (Å²) in [5.74, 6) is -6.67. The number of hydrogen-bond acceptors (Lipinski definition) is 4. The molecular weight excluding hydrogens is 485 g/mol. The number of rotatable bonds is 7. The van der Waals surface area contributed by atoms with Gasteiger partial charge in [0.2, 0.25) is 5.83 Å². The maximum atomic E-state index is 14.5. The summed E-state index contributed by atoms with van der Waals surface area (Å²) in [6.45, 7) is 0.408. The molecule has 0 amide bonds. The first kappa shape index (κ1) is 25.1. The molecule has 1 heterocycles. The van der Waals surface area contributed by atoms with Gasteiger partial charge in [-0.25, -0.2) is 13.2 Å². The van der Waals surface area contributed by atoms with Gasteiger partial charge in [-0.15, -0.1) is 0 Å². The van der Waals surface area contributed by atoms with Gasteiger partial charge >= 0.3 is 12.1 Å². The summed E-state index contributed by atoms with van der Waals surface area (Å²) in [7, 11) is 0. The molecule has 2 aromatic rings. The van der Waals surface area contributed by atoms with Gasteiger partial charge in [-0.3, -0.25) is 0 Å². The summed E-state index contributed by atoms with van der Waals surface area (Å²) >= 11 is 5.29. The number of ether oxygens (including phenoxy) is 4. The van der Waals surface area contributed by atoms with Crippen LogP contribution in [-0.4, -0.2) is 32.2 Å².